The van der Waals surface area contributed by atoms with Crippen molar-refractivity contribution in [3.8, 4) is 5.97 Å². The fourth-order valence-electron chi connectivity index (χ4n) is 0. The predicted molar refractivity (Wildman–Crippen MR) is 11.4 cm³/mol. The Balaban J connectivity index is -0.0000000800. The fraction of sp³-hybridized carbons (Fsp3) is 0. The molecule has 26 valence electrons. The van der Waals surface area contributed by atoms with Crippen molar-refractivity contribution >= 4 is 7.12 Å². The molecule has 0 unspecified atom stereocenters. The summed E-state index contributed by atoms with van der Waals surface area (Å²) in [6, 6.07) is 0. The molecular formula is CBK2NO2. The molecule has 0 aliphatic carbocycles. The SMILES string of the molecule is N#CB([O-])[O-].[K+].[K+]. The van der Waals surface area contributed by atoms with E-state index in [9.17, 15) is 0 Å². The van der Waals surface area contributed by atoms with Crippen molar-refractivity contribution in [1.29, 1.82) is 5.26 Å². The van der Waals surface area contributed by atoms with E-state index < -0.39 is 7.12 Å². The minimum Gasteiger partial charge on any atom is -0.881 e. The van der Waals surface area contributed by atoms with Gasteiger partial charge in [-0.3, -0.25) is 0 Å². The van der Waals surface area contributed by atoms with E-state index in [4.69, 9.17) is 15.3 Å². The predicted octanol–water partition coefficient (Wildman–Crippen LogP) is -8.73. The Morgan fingerprint density at radius 2 is 1.43 bits per heavy atom. The van der Waals surface area contributed by atoms with Crippen LogP contribution in [0.3, 0.4) is 0 Å². The third-order valence-corrected chi connectivity index (χ3v) is 0.105. The largest absolute Gasteiger partial charge is 1.00 e. The van der Waals surface area contributed by atoms with Gasteiger partial charge < -0.3 is 10.0 Å². The summed E-state index contributed by atoms with van der Waals surface area (Å²) in [6.07, 6.45) is 0. The molecule has 3 nitrogen and oxygen atoms in total. The molecule has 0 fully saturated rings. The molecular weight excluding hydrogens is 147 g/mol. The molecule has 0 aromatic heterocycles. The van der Waals surface area contributed by atoms with Crippen LogP contribution >= 0.6 is 0 Å². The fourth-order valence-corrected chi connectivity index (χ4v) is 0. The van der Waals surface area contributed by atoms with E-state index in [0.717, 1.165) is 5.97 Å². The zero-order valence-corrected chi connectivity index (χ0v) is 10.6. The molecule has 0 saturated carbocycles. The Morgan fingerprint density at radius 1 is 1.29 bits per heavy atom. The smallest absolute Gasteiger partial charge is 0.881 e. The molecule has 0 heterocycles. The van der Waals surface area contributed by atoms with Gasteiger partial charge in [0.05, 0.1) is 0 Å². The van der Waals surface area contributed by atoms with E-state index in [0.29, 0.717) is 0 Å². The number of nitriles is 1. The van der Waals surface area contributed by atoms with Crippen LogP contribution in [0, 0.1) is 11.2 Å². The summed E-state index contributed by atoms with van der Waals surface area (Å²) in [5.74, 6) is 0.917. The number of nitrogens with zero attached hydrogens (tertiary/aromatic N) is 1. The standard InChI is InChI=1S/CBNO2.2K/c3-1-2(4)5;;/q-2;2*+1. The molecule has 0 spiro atoms. The Labute approximate surface area is 127 Å². The Bertz CT molecular complexity index is 61.2. The second-order valence-corrected chi connectivity index (χ2v) is 0.461. The van der Waals surface area contributed by atoms with E-state index in [1.807, 2.05) is 0 Å². The summed E-state index contributed by atoms with van der Waals surface area (Å²) in [5.41, 5.74) is 0. The van der Waals surface area contributed by atoms with Crippen LogP contribution in [0.4, 0.5) is 0 Å². The van der Waals surface area contributed by atoms with Crippen LogP contribution in [0.25, 0.3) is 0 Å². The quantitative estimate of drug-likeness (QED) is 0.319. The zero-order chi connectivity index (χ0) is 4.28. The molecule has 0 atom stereocenters. The molecule has 6 heteroatoms. The maximum absolute atomic E-state index is 8.98. The second kappa shape index (κ2) is 11.5. The van der Waals surface area contributed by atoms with Crippen molar-refractivity contribution < 1.29 is 113 Å². The van der Waals surface area contributed by atoms with Crippen LogP contribution in [0.1, 0.15) is 0 Å². The summed E-state index contributed by atoms with van der Waals surface area (Å²) >= 11 is 0. The average Bonchev–Trinajstić information content (AvgIpc) is 1.38. The van der Waals surface area contributed by atoms with Gasteiger partial charge in [0.2, 0.25) is 0 Å². The molecule has 7 heavy (non-hydrogen) atoms. The van der Waals surface area contributed by atoms with E-state index in [-0.39, 0.29) is 103 Å². The molecule has 0 aliphatic rings. The molecule has 0 N–H and O–H groups in total. The molecule has 0 aliphatic heterocycles. The van der Waals surface area contributed by atoms with Crippen LogP contribution in [-0.4, -0.2) is 7.12 Å². The van der Waals surface area contributed by atoms with Gasteiger partial charge in [0.15, 0.2) is 0 Å². The Morgan fingerprint density at radius 3 is 1.43 bits per heavy atom. The summed E-state index contributed by atoms with van der Waals surface area (Å²) in [4.78, 5) is 0. The van der Waals surface area contributed by atoms with Crippen molar-refractivity contribution in [2.24, 2.45) is 0 Å². The first-order valence-electron chi connectivity index (χ1n) is 0.984. The summed E-state index contributed by atoms with van der Waals surface area (Å²) < 4.78 is 0. The van der Waals surface area contributed by atoms with E-state index in [1.54, 1.807) is 0 Å². The Kier molecular flexibility index (Phi) is 27.0. The van der Waals surface area contributed by atoms with Crippen molar-refractivity contribution in [3.05, 3.63) is 0 Å². The van der Waals surface area contributed by atoms with Gasteiger partial charge in [-0.05, 0) is 5.97 Å². The maximum atomic E-state index is 8.98. The third-order valence-electron chi connectivity index (χ3n) is 0.105. The second-order valence-electron chi connectivity index (χ2n) is 0.461. The van der Waals surface area contributed by atoms with Gasteiger partial charge in [-0.15, -0.1) is 0 Å². The molecule has 0 aromatic rings. The van der Waals surface area contributed by atoms with Gasteiger partial charge in [-0.1, -0.05) is 0 Å². The van der Waals surface area contributed by atoms with E-state index >= 15 is 0 Å². The van der Waals surface area contributed by atoms with Gasteiger partial charge in [0, 0.05) is 7.12 Å². The maximum Gasteiger partial charge on any atom is 1.00 e. The van der Waals surface area contributed by atoms with Crippen LogP contribution in [0.15, 0.2) is 0 Å². The van der Waals surface area contributed by atoms with Gasteiger partial charge in [0.25, 0.3) is 0 Å². The first-order valence-corrected chi connectivity index (χ1v) is 0.984. The molecule has 0 rings (SSSR count). The summed E-state index contributed by atoms with van der Waals surface area (Å²) in [6.45, 7) is 0. The van der Waals surface area contributed by atoms with E-state index in [1.165, 1.54) is 0 Å². The Hall–Kier alpha value is 2.75. The molecule has 0 amide bonds. The van der Waals surface area contributed by atoms with Crippen LogP contribution in [-0.2, 0) is 0 Å². The van der Waals surface area contributed by atoms with Crippen LogP contribution in [0.5, 0.6) is 0 Å². The molecule has 0 aromatic carbocycles. The first-order chi connectivity index (χ1) is 2.27. The minimum absolute atomic E-state index is 0. The van der Waals surface area contributed by atoms with Gasteiger partial charge >= 0.3 is 103 Å². The topological polar surface area (TPSA) is 69.9 Å². The first kappa shape index (κ1) is 16.4. The van der Waals surface area contributed by atoms with Crippen molar-refractivity contribution in [2.45, 2.75) is 0 Å². The average molecular weight is 147 g/mol. The van der Waals surface area contributed by atoms with E-state index in [2.05, 4.69) is 0 Å². The molecule has 0 radical (unpaired) electrons. The van der Waals surface area contributed by atoms with Crippen molar-refractivity contribution in [2.75, 3.05) is 0 Å². The zero-order valence-electron chi connectivity index (χ0n) is 4.34. The van der Waals surface area contributed by atoms with Crippen LogP contribution in [0.2, 0.25) is 0 Å². The monoisotopic (exact) mass is 147 g/mol. The number of rotatable bonds is 0. The molecule has 0 saturated heterocycles. The van der Waals surface area contributed by atoms with Crippen molar-refractivity contribution in [1.82, 2.24) is 0 Å². The third kappa shape index (κ3) is 17.7. The van der Waals surface area contributed by atoms with Gasteiger partial charge in [-0.2, -0.15) is 0 Å². The van der Waals surface area contributed by atoms with Crippen molar-refractivity contribution in [3.63, 3.8) is 0 Å². The number of hydrogen-bond donors (Lipinski definition) is 0. The summed E-state index contributed by atoms with van der Waals surface area (Å²) in [7, 11) is -2.31. The normalized spacial score (nSPS) is 4.14. The van der Waals surface area contributed by atoms with Crippen LogP contribution < -0.4 is 113 Å². The van der Waals surface area contributed by atoms with Gasteiger partial charge in [-0.25, -0.2) is 5.26 Å². The van der Waals surface area contributed by atoms with Gasteiger partial charge in [0.1, 0.15) is 0 Å². The minimum atomic E-state index is -2.31. The number of hydrogen-bond acceptors (Lipinski definition) is 3. The molecule has 0 bridgehead atoms. The summed E-state index contributed by atoms with van der Waals surface area (Å²) in [5, 5.41) is 25.2.